The van der Waals surface area contributed by atoms with Gasteiger partial charge in [0.2, 0.25) is 11.8 Å². The van der Waals surface area contributed by atoms with Gasteiger partial charge in [-0.2, -0.15) is 5.10 Å². The van der Waals surface area contributed by atoms with Crippen molar-refractivity contribution in [1.82, 2.24) is 10.7 Å². The SMILES string of the molecule is C/C(=N\NC(=O)CC(=O)NC(C)C)c1cccc(Br)c1. The summed E-state index contributed by atoms with van der Waals surface area (Å²) < 4.78 is 0.937. The third kappa shape index (κ3) is 5.97. The maximum Gasteiger partial charge on any atom is 0.249 e. The largest absolute Gasteiger partial charge is 0.353 e. The maximum absolute atomic E-state index is 11.5. The van der Waals surface area contributed by atoms with Crippen molar-refractivity contribution in [1.29, 1.82) is 0 Å². The van der Waals surface area contributed by atoms with Crippen LogP contribution in [0, 0.1) is 0 Å². The van der Waals surface area contributed by atoms with Gasteiger partial charge in [-0.05, 0) is 38.5 Å². The Morgan fingerprint density at radius 2 is 2.00 bits per heavy atom. The molecule has 0 unspecified atom stereocenters. The average Bonchev–Trinajstić information content (AvgIpc) is 2.34. The second kappa shape index (κ2) is 7.79. The molecule has 0 spiro atoms. The predicted octanol–water partition coefficient (Wildman–Crippen LogP) is 2.20. The van der Waals surface area contributed by atoms with Gasteiger partial charge in [0.25, 0.3) is 0 Å². The molecule has 2 N–H and O–H groups in total. The van der Waals surface area contributed by atoms with Gasteiger partial charge >= 0.3 is 0 Å². The van der Waals surface area contributed by atoms with Gasteiger partial charge in [-0.25, -0.2) is 5.43 Å². The van der Waals surface area contributed by atoms with Crippen molar-refractivity contribution in [2.75, 3.05) is 0 Å². The van der Waals surface area contributed by atoms with E-state index in [1.165, 1.54) is 0 Å². The van der Waals surface area contributed by atoms with Crippen LogP contribution >= 0.6 is 15.9 Å². The van der Waals surface area contributed by atoms with Crippen molar-refractivity contribution in [2.24, 2.45) is 5.10 Å². The Bertz CT molecular complexity index is 527. The molecule has 0 bridgehead atoms. The summed E-state index contributed by atoms with van der Waals surface area (Å²) in [4.78, 5) is 22.9. The minimum Gasteiger partial charge on any atom is -0.353 e. The summed E-state index contributed by atoms with van der Waals surface area (Å²) in [5.41, 5.74) is 3.94. The molecule has 0 heterocycles. The Hall–Kier alpha value is -1.69. The molecule has 0 saturated heterocycles. The van der Waals surface area contributed by atoms with E-state index in [1.54, 1.807) is 6.92 Å². The highest BCUT2D eigenvalue weighted by Gasteiger charge is 2.09. The molecule has 108 valence electrons. The van der Waals surface area contributed by atoms with E-state index in [-0.39, 0.29) is 18.4 Å². The highest BCUT2D eigenvalue weighted by molar-refractivity contribution is 9.10. The Labute approximate surface area is 127 Å². The first kappa shape index (κ1) is 16.4. The first-order chi connectivity index (χ1) is 9.38. The molecule has 1 aromatic carbocycles. The lowest BCUT2D eigenvalue weighted by molar-refractivity contribution is -0.129. The fourth-order valence-electron chi connectivity index (χ4n) is 1.48. The van der Waals surface area contributed by atoms with Crippen LogP contribution in [-0.2, 0) is 9.59 Å². The van der Waals surface area contributed by atoms with E-state index in [9.17, 15) is 9.59 Å². The van der Waals surface area contributed by atoms with Crippen molar-refractivity contribution in [2.45, 2.75) is 33.2 Å². The third-order valence-corrected chi connectivity index (χ3v) is 2.85. The zero-order chi connectivity index (χ0) is 15.1. The van der Waals surface area contributed by atoms with Gasteiger partial charge in [0, 0.05) is 10.5 Å². The van der Waals surface area contributed by atoms with Crippen LogP contribution < -0.4 is 10.7 Å². The van der Waals surface area contributed by atoms with E-state index in [4.69, 9.17) is 0 Å². The summed E-state index contributed by atoms with van der Waals surface area (Å²) in [6.07, 6.45) is -0.229. The van der Waals surface area contributed by atoms with E-state index < -0.39 is 5.91 Å². The minimum absolute atomic E-state index is 0.0159. The fourth-order valence-corrected chi connectivity index (χ4v) is 1.88. The molecule has 0 atom stereocenters. The molecule has 20 heavy (non-hydrogen) atoms. The summed E-state index contributed by atoms with van der Waals surface area (Å²) in [6, 6.07) is 7.60. The lowest BCUT2D eigenvalue weighted by Crippen LogP contribution is -2.34. The van der Waals surface area contributed by atoms with Crippen molar-refractivity contribution < 1.29 is 9.59 Å². The number of amides is 2. The molecule has 0 saturated carbocycles. The Morgan fingerprint density at radius 1 is 1.30 bits per heavy atom. The lowest BCUT2D eigenvalue weighted by Gasteiger charge is -2.07. The van der Waals surface area contributed by atoms with Gasteiger partial charge in [0.1, 0.15) is 6.42 Å². The van der Waals surface area contributed by atoms with Gasteiger partial charge in [0.05, 0.1) is 5.71 Å². The van der Waals surface area contributed by atoms with Crippen LogP contribution in [0.25, 0.3) is 0 Å². The Kier molecular flexibility index (Phi) is 6.38. The number of halogens is 1. The Morgan fingerprint density at radius 3 is 2.60 bits per heavy atom. The minimum atomic E-state index is -0.433. The molecule has 5 nitrogen and oxygen atoms in total. The summed E-state index contributed by atoms with van der Waals surface area (Å²) in [6.45, 7) is 5.47. The first-order valence-electron chi connectivity index (χ1n) is 6.27. The summed E-state index contributed by atoms with van der Waals surface area (Å²) in [5, 5.41) is 6.63. The van der Waals surface area contributed by atoms with E-state index in [2.05, 4.69) is 31.8 Å². The highest BCUT2D eigenvalue weighted by Crippen LogP contribution is 2.12. The number of nitrogens with one attached hydrogen (secondary N) is 2. The van der Waals surface area contributed by atoms with Crippen LogP contribution in [0.1, 0.15) is 32.8 Å². The monoisotopic (exact) mass is 339 g/mol. The number of hydrazone groups is 1. The van der Waals surface area contributed by atoms with Crippen molar-refractivity contribution in [3.63, 3.8) is 0 Å². The third-order valence-electron chi connectivity index (χ3n) is 2.36. The number of nitrogens with zero attached hydrogens (tertiary/aromatic N) is 1. The van der Waals surface area contributed by atoms with Crippen molar-refractivity contribution in [3.05, 3.63) is 34.3 Å². The van der Waals surface area contributed by atoms with Gasteiger partial charge in [-0.3, -0.25) is 9.59 Å². The maximum atomic E-state index is 11.5. The molecule has 0 aliphatic heterocycles. The van der Waals surface area contributed by atoms with Gasteiger partial charge in [-0.1, -0.05) is 28.1 Å². The Balaban J connectivity index is 2.54. The van der Waals surface area contributed by atoms with Crippen LogP contribution in [-0.4, -0.2) is 23.6 Å². The van der Waals surface area contributed by atoms with Crippen LogP contribution in [0.3, 0.4) is 0 Å². The first-order valence-corrected chi connectivity index (χ1v) is 7.06. The molecular weight excluding hydrogens is 322 g/mol. The molecular formula is C14H18BrN3O2. The quantitative estimate of drug-likeness (QED) is 0.490. The average molecular weight is 340 g/mol. The second-order valence-electron chi connectivity index (χ2n) is 4.64. The topological polar surface area (TPSA) is 70.6 Å². The molecule has 6 heteroatoms. The summed E-state index contributed by atoms with van der Waals surface area (Å²) in [5.74, 6) is -0.745. The van der Waals surface area contributed by atoms with Crippen molar-refractivity contribution in [3.8, 4) is 0 Å². The van der Waals surface area contributed by atoms with Gasteiger partial charge in [0.15, 0.2) is 0 Å². The number of carbonyl (C=O) groups is 2. The van der Waals surface area contributed by atoms with E-state index in [0.717, 1.165) is 10.0 Å². The molecule has 0 radical (unpaired) electrons. The smallest absolute Gasteiger partial charge is 0.249 e. The molecule has 0 aliphatic carbocycles. The van der Waals surface area contributed by atoms with E-state index in [0.29, 0.717) is 5.71 Å². The molecule has 1 aromatic rings. The predicted molar refractivity (Wildman–Crippen MR) is 82.4 cm³/mol. The number of rotatable bonds is 5. The molecule has 2 amide bonds. The van der Waals surface area contributed by atoms with Crippen LogP contribution in [0.5, 0.6) is 0 Å². The summed E-state index contributed by atoms with van der Waals surface area (Å²) >= 11 is 3.37. The molecule has 0 fully saturated rings. The highest BCUT2D eigenvalue weighted by atomic mass is 79.9. The molecule has 0 aromatic heterocycles. The fraction of sp³-hybridized carbons (Fsp3) is 0.357. The number of hydrogen-bond donors (Lipinski definition) is 2. The number of hydrogen-bond acceptors (Lipinski definition) is 3. The van der Waals surface area contributed by atoms with Gasteiger partial charge < -0.3 is 5.32 Å². The molecule has 0 aliphatic rings. The van der Waals surface area contributed by atoms with Crippen LogP contribution in [0.2, 0.25) is 0 Å². The summed E-state index contributed by atoms with van der Waals surface area (Å²) in [7, 11) is 0. The van der Waals surface area contributed by atoms with E-state index in [1.807, 2.05) is 38.1 Å². The van der Waals surface area contributed by atoms with Crippen LogP contribution in [0.4, 0.5) is 0 Å². The van der Waals surface area contributed by atoms with Crippen molar-refractivity contribution >= 4 is 33.5 Å². The molecule has 1 rings (SSSR count). The number of carbonyl (C=O) groups excluding carboxylic acids is 2. The van der Waals surface area contributed by atoms with E-state index >= 15 is 0 Å². The van der Waals surface area contributed by atoms with Gasteiger partial charge in [-0.15, -0.1) is 0 Å². The second-order valence-corrected chi connectivity index (χ2v) is 5.56. The zero-order valence-corrected chi connectivity index (χ0v) is 13.3. The normalized spacial score (nSPS) is 11.3. The standard InChI is InChI=1S/C14H18BrN3O2/c1-9(2)16-13(19)8-14(20)18-17-10(3)11-5-4-6-12(15)7-11/h4-7,9H,8H2,1-3H3,(H,16,19)(H,18,20)/b17-10+. The zero-order valence-electron chi connectivity index (χ0n) is 11.7. The number of benzene rings is 1. The lowest BCUT2D eigenvalue weighted by atomic mass is 10.1. The van der Waals surface area contributed by atoms with Crippen LogP contribution in [0.15, 0.2) is 33.8 Å².